The van der Waals surface area contributed by atoms with Crippen molar-refractivity contribution in [1.29, 1.82) is 0 Å². The van der Waals surface area contributed by atoms with Crippen LogP contribution in [0.1, 0.15) is 28.6 Å². The fourth-order valence-corrected chi connectivity index (χ4v) is 4.14. The molecule has 0 radical (unpaired) electrons. The summed E-state index contributed by atoms with van der Waals surface area (Å²) in [5, 5.41) is 2.92. The number of halogens is 2. The molecule has 0 saturated carbocycles. The zero-order valence-electron chi connectivity index (χ0n) is 13.7. The van der Waals surface area contributed by atoms with E-state index in [0.29, 0.717) is 16.2 Å². The Balaban J connectivity index is 1.53. The standard InChI is InChI=1S/C20H15F2NO2S/c21-13-6-4-12(5-7-13)17-8-9-18(25-17)20(24)23-16-10-11-26-19-14(16)2-1-3-15(19)22/h1-9,16H,10-11H2,(H,23,24)/t16-/m0/s1. The molecule has 1 atom stereocenters. The van der Waals surface area contributed by atoms with E-state index in [9.17, 15) is 13.6 Å². The lowest BCUT2D eigenvalue weighted by Gasteiger charge is -2.25. The first-order valence-electron chi connectivity index (χ1n) is 8.19. The fourth-order valence-electron chi connectivity index (χ4n) is 3.00. The number of furan rings is 1. The molecule has 0 saturated heterocycles. The monoisotopic (exact) mass is 371 g/mol. The minimum Gasteiger partial charge on any atom is -0.451 e. The quantitative estimate of drug-likeness (QED) is 0.689. The molecule has 2 aromatic carbocycles. The zero-order valence-corrected chi connectivity index (χ0v) is 14.5. The molecule has 26 heavy (non-hydrogen) atoms. The van der Waals surface area contributed by atoms with Crippen molar-refractivity contribution in [1.82, 2.24) is 5.32 Å². The van der Waals surface area contributed by atoms with Gasteiger partial charge in [0.05, 0.1) is 6.04 Å². The predicted molar refractivity (Wildman–Crippen MR) is 96.1 cm³/mol. The minimum atomic E-state index is -0.356. The summed E-state index contributed by atoms with van der Waals surface area (Å²) in [6.45, 7) is 0. The van der Waals surface area contributed by atoms with E-state index in [1.165, 1.54) is 30.0 Å². The summed E-state index contributed by atoms with van der Waals surface area (Å²) in [6.07, 6.45) is 0.721. The maximum atomic E-state index is 13.9. The van der Waals surface area contributed by atoms with E-state index >= 15 is 0 Å². The summed E-state index contributed by atoms with van der Waals surface area (Å²) >= 11 is 1.46. The van der Waals surface area contributed by atoms with Gasteiger partial charge in [0.1, 0.15) is 17.4 Å². The van der Waals surface area contributed by atoms with Gasteiger partial charge in [0.15, 0.2) is 5.76 Å². The molecular formula is C20H15F2NO2S. The molecule has 1 aliphatic rings. The zero-order chi connectivity index (χ0) is 18.1. The van der Waals surface area contributed by atoms with Gasteiger partial charge in [-0.25, -0.2) is 8.78 Å². The average molecular weight is 371 g/mol. The Hall–Kier alpha value is -2.60. The third-order valence-electron chi connectivity index (χ3n) is 4.29. The Morgan fingerprint density at radius 2 is 1.88 bits per heavy atom. The van der Waals surface area contributed by atoms with Crippen molar-refractivity contribution in [2.24, 2.45) is 0 Å². The molecule has 1 aliphatic heterocycles. The first kappa shape index (κ1) is 16.8. The van der Waals surface area contributed by atoms with Crippen LogP contribution in [0.15, 0.2) is 63.9 Å². The number of carbonyl (C=O) groups excluding carboxylic acids is 1. The number of amides is 1. The number of carbonyl (C=O) groups is 1. The maximum Gasteiger partial charge on any atom is 0.287 e. The van der Waals surface area contributed by atoms with Gasteiger partial charge in [0.2, 0.25) is 0 Å². The Bertz CT molecular complexity index is 953. The lowest BCUT2D eigenvalue weighted by Crippen LogP contribution is -2.30. The number of nitrogens with one attached hydrogen (secondary N) is 1. The highest BCUT2D eigenvalue weighted by atomic mass is 32.2. The molecule has 3 nitrogen and oxygen atoms in total. The van der Waals surface area contributed by atoms with E-state index in [0.717, 1.165) is 17.7 Å². The predicted octanol–water partition coefficient (Wildman–Crippen LogP) is 5.19. The van der Waals surface area contributed by atoms with Crippen molar-refractivity contribution in [3.05, 3.63) is 77.6 Å². The second-order valence-corrected chi connectivity index (χ2v) is 7.10. The van der Waals surface area contributed by atoms with Crippen LogP contribution in [0, 0.1) is 11.6 Å². The topological polar surface area (TPSA) is 42.2 Å². The largest absolute Gasteiger partial charge is 0.451 e. The first-order chi connectivity index (χ1) is 12.6. The summed E-state index contributed by atoms with van der Waals surface area (Å²) < 4.78 is 32.6. The van der Waals surface area contributed by atoms with Gasteiger partial charge in [-0.2, -0.15) is 0 Å². The molecule has 1 N–H and O–H groups in total. The fraction of sp³-hybridized carbons (Fsp3) is 0.150. The summed E-state index contributed by atoms with van der Waals surface area (Å²) in [7, 11) is 0. The second kappa shape index (κ2) is 6.96. The Morgan fingerprint density at radius 1 is 1.08 bits per heavy atom. The smallest absolute Gasteiger partial charge is 0.287 e. The Labute approximate surface area is 153 Å². The highest BCUT2D eigenvalue weighted by Gasteiger charge is 2.25. The van der Waals surface area contributed by atoms with Crippen LogP contribution in [0.5, 0.6) is 0 Å². The number of rotatable bonds is 3. The van der Waals surface area contributed by atoms with Crippen molar-refractivity contribution < 1.29 is 18.0 Å². The molecule has 0 unspecified atom stereocenters. The van der Waals surface area contributed by atoms with E-state index in [1.54, 1.807) is 30.3 Å². The Kier molecular flexibility index (Phi) is 4.51. The summed E-state index contributed by atoms with van der Waals surface area (Å²) in [5.74, 6) is 0.437. The van der Waals surface area contributed by atoms with Gasteiger partial charge in [0.25, 0.3) is 5.91 Å². The molecule has 4 rings (SSSR count). The SMILES string of the molecule is O=C(N[C@H]1CCSc2c(F)cccc21)c1ccc(-c2ccc(F)cc2)o1. The second-order valence-electron chi connectivity index (χ2n) is 5.99. The summed E-state index contributed by atoms with van der Waals surface area (Å²) in [4.78, 5) is 13.1. The first-order valence-corrected chi connectivity index (χ1v) is 9.18. The molecule has 0 aliphatic carbocycles. The van der Waals surface area contributed by atoms with Gasteiger partial charge in [-0.15, -0.1) is 11.8 Å². The van der Waals surface area contributed by atoms with Crippen LogP contribution in [0.25, 0.3) is 11.3 Å². The normalized spacial score (nSPS) is 16.2. The van der Waals surface area contributed by atoms with Crippen LogP contribution in [0.2, 0.25) is 0 Å². The van der Waals surface area contributed by atoms with Gasteiger partial charge in [0, 0.05) is 16.2 Å². The van der Waals surface area contributed by atoms with E-state index in [2.05, 4.69) is 5.32 Å². The molecule has 3 aromatic rings. The molecule has 0 fully saturated rings. The number of hydrogen-bond donors (Lipinski definition) is 1. The number of hydrogen-bond acceptors (Lipinski definition) is 3. The average Bonchev–Trinajstić information content (AvgIpc) is 3.13. The van der Waals surface area contributed by atoms with Gasteiger partial charge in [-0.05, 0) is 54.4 Å². The number of fused-ring (bicyclic) bond motifs is 1. The molecule has 0 spiro atoms. The molecule has 0 bridgehead atoms. The molecule has 1 amide bonds. The third kappa shape index (κ3) is 3.24. The third-order valence-corrected chi connectivity index (χ3v) is 5.45. The van der Waals surface area contributed by atoms with E-state index in [1.807, 2.05) is 6.07 Å². The number of benzene rings is 2. The van der Waals surface area contributed by atoms with Crippen molar-refractivity contribution in [2.75, 3.05) is 5.75 Å². The van der Waals surface area contributed by atoms with Gasteiger partial charge < -0.3 is 9.73 Å². The Morgan fingerprint density at radius 3 is 2.69 bits per heavy atom. The van der Waals surface area contributed by atoms with E-state index in [-0.39, 0.29) is 29.3 Å². The summed E-state index contributed by atoms with van der Waals surface area (Å²) in [5.41, 5.74) is 1.48. The summed E-state index contributed by atoms with van der Waals surface area (Å²) in [6, 6.07) is 13.8. The lowest BCUT2D eigenvalue weighted by atomic mass is 10.0. The highest BCUT2D eigenvalue weighted by Crippen LogP contribution is 2.37. The lowest BCUT2D eigenvalue weighted by molar-refractivity contribution is 0.0907. The van der Waals surface area contributed by atoms with Crippen LogP contribution in [-0.2, 0) is 0 Å². The van der Waals surface area contributed by atoms with Crippen molar-refractivity contribution in [3.8, 4) is 11.3 Å². The molecule has 6 heteroatoms. The molecule has 1 aromatic heterocycles. The molecular weight excluding hydrogens is 356 g/mol. The van der Waals surface area contributed by atoms with E-state index < -0.39 is 0 Å². The maximum absolute atomic E-state index is 13.9. The van der Waals surface area contributed by atoms with Gasteiger partial charge in [-0.3, -0.25) is 4.79 Å². The minimum absolute atomic E-state index is 0.167. The molecule has 132 valence electrons. The van der Waals surface area contributed by atoms with E-state index in [4.69, 9.17) is 4.42 Å². The van der Waals surface area contributed by atoms with Crippen LogP contribution in [-0.4, -0.2) is 11.7 Å². The van der Waals surface area contributed by atoms with Crippen molar-refractivity contribution >= 4 is 17.7 Å². The van der Waals surface area contributed by atoms with Crippen LogP contribution in [0.4, 0.5) is 8.78 Å². The van der Waals surface area contributed by atoms with Crippen LogP contribution >= 0.6 is 11.8 Å². The van der Waals surface area contributed by atoms with Crippen LogP contribution < -0.4 is 5.32 Å². The van der Waals surface area contributed by atoms with Crippen LogP contribution in [0.3, 0.4) is 0 Å². The van der Waals surface area contributed by atoms with Gasteiger partial charge in [-0.1, -0.05) is 12.1 Å². The van der Waals surface area contributed by atoms with Crippen molar-refractivity contribution in [3.63, 3.8) is 0 Å². The number of thioether (sulfide) groups is 1. The highest BCUT2D eigenvalue weighted by molar-refractivity contribution is 7.99. The molecule has 2 heterocycles. The van der Waals surface area contributed by atoms with Crippen molar-refractivity contribution in [2.45, 2.75) is 17.4 Å². The van der Waals surface area contributed by atoms with Gasteiger partial charge >= 0.3 is 0 Å².